The van der Waals surface area contributed by atoms with Gasteiger partial charge in [0.2, 0.25) is 5.95 Å². The van der Waals surface area contributed by atoms with Crippen LogP contribution >= 0.6 is 0 Å². The van der Waals surface area contributed by atoms with Crippen LogP contribution in [0.25, 0.3) is 11.1 Å². The first kappa shape index (κ1) is 7.61. The van der Waals surface area contributed by atoms with Crippen molar-refractivity contribution < 1.29 is 4.42 Å². The van der Waals surface area contributed by atoms with Gasteiger partial charge in [-0.3, -0.25) is 0 Å². The van der Waals surface area contributed by atoms with Crippen LogP contribution in [0.2, 0.25) is 0 Å². The SMILES string of the molecule is Nc1nc(N)c2oc(C3CC3)cc2n1. The van der Waals surface area contributed by atoms with Gasteiger partial charge in [0.1, 0.15) is 11.3 Å². The molecule has 0 atom stereocenters. The molecule has 1 fully saturated rings. The molecule has 2 aromatic heterocycles. The maximum absolute atomic E-state index is 5.67. The van der Waals surface area contributed by atoms with Gasteiger partial charge in [-0.15, -0.1) is 0 Å². The molecule has 1 aliphatic carbocycles. The van der Waals surface area contributed by atoms with Crippen molar-refractivity contribution in [1.29, 1.82) is 0 Å². The van der Waals surface area contributed by atoms with Gasteiger partial charge in [-0.05, 0) is 12.8 Å². The molecule has 1 aliphatic rings. The summed E-state index contributed by atoms with van der Waals surface area (Å²) in [5, 5.41) is 0. The fourth-order valence-electron chi connectivity index (χ4n) is 1.56. The van der Waals surface area contributed by atoms with E-state index in [2.05, 4.69) is 9.97 Å². The quantitative estimate of drug-likeness (QED) is 0.706. The summed E-state index contributed by atoms with van der Waals surface area (Å²) in [4.78, 5) is 7.91. The van der Waals surface area contributed by atoms with Gasteiger partial charge >= 0.3 is 0 Å². The van der Waals surface area contributed by atoms with Crippen molar-refractivity contribution in [3.63, 3.8) is 0 Å². The van der Waals surface area contributed by atoms with Gasteiger partial charge in [-0.2, -0.15) is 4.98 Å². The lowest BCUT2D eigenvalue weighted by molar-refractivity contribution is 0.552. The van der Waals surface area contributed by atoms with Crippen molar-refractivity contribution in [3.05, 3.63) is 11.8 Å². The van der Waals surface area contributed by atoms with Gasteiger partial charge in [0.05, 0.1) is 0 Å². The minimum absolute atomic E-state index is 0.193. The third-order valence-electron chi connectivity index (χ3n) is 2.41. The highest BCUT2D eigenvalue weighted by Crippen LogP contribution is 2.42. The zero-order valence-electron chi connectivity index (χ0n) is 7.53. The van der Waals surface area contributed by atoms with Gasteiger partial charge in [0.15, 0.2) is 11.4 Å². The first-order valence-corrected chi connectivity index (χ1v) is 4.56. The van der Waals surface area contributed by atoms with Crippen LogP contribution < -0.4 is 11.5 Å². The summed E-state index contributed by atoms with van der Waals surface area (Å²) in [5.74, 6) is 2.01. The second-order valence-electron chi connectivity index (χ2n) is 3.60. The minimum Gasteiger partial charge on any atom is -0.455 e. The van der Waals surface area contributed by atoms with Crippen LogP contribution in [0.5, 0.6) is 0 Å². The molecule has 14 heavy (non-hydrogen) atoms. The van der Waals surface area contributed by atoms with Crippen LogP contribution in [0, 0.1) is 0 Å². The fraction of sp³-hybridized carbons (Fsp3) is 0.333. The highest BCUT2D eigenvalue weighted by atomic mass is 16.3. The van der Waals surface area contributed by atoms with Gasteiger partial charge < -0.3 is 15.9 Å². The molecule has 1 saturated carbocycles. The molecular weight excluding hydrogens is 180 g/mol. The Hall–Kier alpha value is -1.78. The Morgan fingerprint density at radius 1 is 1.29 bits per heavy atom. The van der Waals surface area contributed by atoms with E-state index >= 15 is 0 Å². The Bertz CT molecular complexity index is 501. The summed E-state index contributed by atoms with van der Waals surface area (Å²) >= 11 is 0. The van der Waals surface area contributed by atoms with E-state index in [1.54, 1.807) is 0 Å². The number of hydrogen-bond donors (Lipinski definition) is 2. The number of rotatable bonds is 1. The van der Waals surface area contributed by atoms with Crippen LogP contribution in [0.3, 0.4) is 0 Å². The maximum atomic E-state index is 5.67. The van der Waals surface area contributed by atoms with Crippen molar-refractivity contribution in [2.45, 2.75) is 18.8 Å². The average molecular weight is 190 g/mol. The number of nitrogens with two attached hydrogens (primary N) is 2. The van der Waals surface area contributed by atoms with Crippen LogP contribution in [-0.2, 0) is 0 Å². The van der Waals surface area contributed by atoms with Gasteiger partial charge in [-0.1, -0.05) is 0 Å². The summed E-state index contributed by atoms with van der Waals surface area (Å²) in [7, 11) is 0. The van der Waals surface area contributed by atoms with Crippen molar-refractivity contribution >= 4 is 22.9 Å². The Morgan fingerprint density at radius 3 is 2.79 bits per heavy atom. The summed E-state index contributed by atoms with van der Waals surface area (Å²) in [6.45, 7) is 0. The minimum atomic E-state index is 0.193. The lowest BCUT2D eigenvalue weighted by atomic mass is 10.3. The number of furan rings is 1. The van der Waals surface area contributed by atoms with E-state index in [0.717, 1.165) is 5.76 Å². The summed E-state index contributed by atoms with van der Waals surface area (Å²) in [6, 6.07) is 1.90. The predicted molar refractivity (Wildman–Crippen MR) is 52.6 cm³/mol. The molecule has 0 radical (unpaired) electrons. The lowest BCUT2D eigenvalue weighted by Crippen LogP contribution is -1.98. The third-order valence-corrected chi connectivity index (χ3v) is 2.41. The predicted octanol–water partition coefficient (Wildman–Crippen LogP) is 1.26. The summed E-state index contributed by atoms with van der Waals surface area (Å²) in [5.41, 5.74) is 12.4. The number of anilines is 2. The van der Waals surface area contributed by atoms with Crippen molar-refractivity contribution in [3.8, 4) is 0 Å². The fourth-order valence-corrected chi connectivity index (χ4v) is 1.56. The van der Waals surface area contributed by atoms with E-state index in [-0.39, 0.29) is 5.95 Å². The molecule has 3 rings (SSSR count). The van der Waals surface area contributed by atoms with Crippen LogP contribution in [-0.4, -0.2) is 9.97 Å². The van der Waals surface area contributed by atoms with Crippen LogP contribution in [0.15, 0.2) is 10.5 Å². The number of hydrogen-bond acceptors (Lipinski definition) is 5. The Morgan fingerprint density at radius 2 is 2.07 bits per heavy atom. The molecule has 0 amide bonds. The number of fused-ring (bicyclic) bond motifs is 1. The zero-order valence-corrected chi connectivity index (χ0v) is 7.53. The standard InChI is InChI=1S/C9H10N4O/c10-8-7-5(12-9(11)13-8)3-6(14-7)4-1-2-4/h3-4H,1-2H2,(H4,10,11,12,13). The molecule has 0 bridgehead atoms. The molecule has 0 spiro atoms. The molecule has 0 aliphatic heterocycles. The Balaban J connectivity index is 2.26. The number of nitrogen functional groups attached to an aromatic ring is 2. The zero-order chi connectivity index (χ0) is 9.71. The largest absolute Gasteiger partial charge is 0.455 e. The van der Waals surface area contributed by atoms with Gasteiger partial charge in [0.25, 0.3) is 0 Å². The highest BCUT2D eigenvalue weighted by molar-refractivity contribution is 5.84. The monoisotopic (exact) mass is 190 g/mol. The average Bonchev–Trinajstić information content (AvgIpc) is 2.87. The number of nitrogens with zero attached hydrogens (tertiary/aromatic N) is 2. The van der Waals surface area contributed by atoms with E-state index in [4.69, 9.17) is 15.9 Å². The molecule has 0 aromatic carbocycles. The van der Waals surface area contributed by atoms with E-state index in [9.17, 15) is 0 Å². The van der Waals surface area contributed by atoms with E-state index < -0.39 is 0 Å². The Labute approximate surface area is 80.1 Å². The lowest BCUT2D eigenvalue weighted by Gasteiger charge is -1.94. The highest BCUT2D eigenvalue weighted by Gasteiger charge is 2.28. The van der Waals surface area contributed by atoms with Gasteiger partial charge in [0, 0.05) is 12.0 Å². The summed E-state index contributed by atoms with van der Waals surface area (Å²) in [6.07, 6.45) is 2.37. The maximum Gasteiger partial charge on any atom is 0.222 e. The molecule has 2 heterocycles. The molecule has 5 heteroatoms. The van der Waals surface area contributed by atoms with E-state index in [0.29, 0.717) is 22.8 Å². The number of aromatic nitrogens is 2. The van der Waals surface area contributed by atoms with Crippen molar-refractivity contribution in [2.24, 2.45) is 0 Å². The Kier molecular flexibility index (Phi) is 1.29. The van der Waals surface area contributed by atoms with Crippen molar-refractivity contribution in [2.75, 3.05) is 11.5 Å². The molecule has 72 valence electrons. The van der Waals surface area contributed by atoms with Crippen LogP contribution in [0.1, 0.15) is 24.5 Å². The molecule has 2 aromatic rings. The molecule has 4 N–H and O–H groups in total. The second kappa shape index (κ2) is 2.37. The van der Waals surface area contributed by atoms with E-state index in [1.165, 1.54) is 12.8 Å². The molecular formula is C9H10N4O. The molecule has 0 saturated heterocycles. The third kappa shape index (κ3) is 1.02. The second-order valence-corrected chi connectivity index (χ2v) is 3.60. The molecule has 5 nitrogen and oxygen atoms in total. The molecule has 0 unspecified atom stereocenters. The van der Waals surface area contributed by atoms with E-state index in [1.807, 2.05) is 6.07 Å². The van der Waals surface area contributed by atoms with Crippen molar-refractivity contribution in [1.82, 2.24) is 9.97 Å². The normalized spacial score (nSPS) is 16.3. The smallest absolute Gasteiger partial charge is 0.222 e. The first-order chi connectivity index (χ1) is 6.74. The first-order valence-electron chi connectivity index (χ1n) is 4.56. The van der Waals surface area contributed by atoms with Gasteiger partial charge in [-0.25, -0.2) is 4.98 Å². The van der Waals surface area contributed by atoms with Crippen LogP contribution in [0.4, 0.5) is 11.8 Å². The summed E-state index contributed by atoms with van der Waals surface area (Å²) < 4.78 is 5.57. The topological polar surface area (TPSA) is 91.0 Å².